The smallest absolute Gasteiger partial charge is 0.234 e. The first-order chi connectivity index (χ1) is 15.5. The van der Waals surface area contributed by atoms with Crippen LogP contribution in [0.15, 0.2) is 84.0 Å². The third-order valence-corrected chi connectivity index (χ3v) is 5.56. The van der Waals surface area contributed by atoms with Gasteiger partial charge in [0.2, 0.25) is 5.91 Å². The number of aromatic nitrogens is 3. The monoisotopic (exact) mass is 446 g/mol. The van der Waals surface area contributed by atoms with E-state index in [1.54, 1.807) is 36.4 Å². The number of thioether (sulfide) groups is 1. The fraction of sp³-hybridized carbons (Fsp3) is 0.0833. The molecule has 0 unspecified atom stereocenters. The van der Waals surface area contributed by atoms with Gasteiger partial charge in [0.05, 0.1) is 5.75 Å². The van der Waals surface area contributed by atoms with Crippen molar-refractivity contribution in [1.29, 1.82) is 0 Å². The Bertz CT molecular complexity index is 1260. The molecule has 160 valence electrons. The summed E-state index contributed by atoms with van der Waals surface area (Å²) in [6.45, 7) is 1.48. The summed E-state index contributed by atoms with van der Waals surface area (Å²) in [5.41, 5.74) is 2.62. The minimum absolute atomic E-state index is 0.0697. The average Bonchev–Trinajstić information content (AvgIpc) is 3.23. The van der Waals surface area contributed by atoms with Crippen LogP contribution in [0.1, 0.15) is 17.3 Å². The normalized spacial score (nSPS) is 10.7. The van der Waals surface area contributed by atoms with Crippen molar-refractivity contribution in [3.63, 3.8) is 0 Å². The van der Waals surface area contributed by atoms with Crippen LogP contribution in [0.2, 0.25) is 0 Å². The number of nitrogens with one attached hydrogen (secondary N) is 1. The molecule has 3 aromatic carbocycles. The molecule has 0 saturated heterocycles. The number of hydrogen-bond donors (Lipinski definition) is 1. The molecule has 1 N–H and O–H groups in total. The molecule has 6 nitrogen and oxygen atoms in total. The van der Waals surface area contributed by atoms with Crippen LogP contribution in [0.25, 0.3) is 17.1 Å². The van der Waals surface area contributed by atoms with Crippen molar-refractivity contribution >= 4 is 29.1 Å². The molecule has 1 aromatic heterocycles. The predicted molar refractivity (Wildman–Crippen MR) is 123 cm³/mol. The molecule has 0 aliphatic heterocycles. The lowest BCUT2D eigenvalue weighted by atomic mass is 10.1. The summed E-state index contributed by atoms with van der Waals surface area (Å²) in [7, 11) is 0. The molecule has 1 amide bonds. The Labute approximate surface area is 188 Å². The van der Waals surface area contributed by atoms with Gasteiger partial charge in [0.25, 0.3) is 0 Å². The van der Waals surface area contributed by atoms with E-state index in [0.717, 1.165) is 5.69 Å². The van der Waals surface area contributed by atoms with Crippen molar-refractivity contribution in [2.75, 3.05) is 11.1 Å². The topological polar surface area (TPSA) is 76.9 Å². The van der Waals surface area contributed by atoms with Gasteiger partial charge in [-0.25, -0.2) is 4.39 Å². The van der Waals surface area contributed by atoms with Gasteiger partial charge < -0.3 is 5.32 Å². The van der Waals surface area contributed by atoms with Crippen LogP contribution in [0.5, 0.6) is 0 Å². The van der Waals surface area contributed by atoms with Crippen LogP contribution in [-0.2, 0) is 4.79 Å². The maximum Gasteiger partial charge on any atom is 0.234 e. The van der Waals surface area contributed by atoms with E-state index in [2.05, 4.69) is 15.5 Å². The number of carbonyl (C=O) groups is 2. The number of Topliss-reactive ketones (excluding diaryl/α,β-unsaturated/α-hetero) is 1. The molecule has 8 heteroatoms. The number of ketones is 1. The Kier molecular flexibility index (Phi) is 6.42. The van der Waals surface area contributed by atoms with Gasteiger partial charge in [0, 0.05) is 22.5 Å². The minimum atomic E-state index is -0.334. The van der Waals surface area contributed by atoms with E-state index in [-0.39, 0.29) is 23.3 Å². The average molecular weight is 447 g/mol. The van der Waals surface area contributed by atoms with E-state index in [1.807, 2.05) is 34.9 Å². The number of benzene rings is 3. The summed E-state index contributed by atoms with van der Waals surface area (Å²) in [6, 6.07) is 22.3. The van der Waals surface area contributed by atoms with Gasteiger partial charge >= 0.3 is 0 Å². The second-order valence-corrected chi connectivity index (χ2v) is 7.90. The molecule has 0 spiro atoms. The lowest BCUT2D eigenvalue weighted by Gasteiger charge is -2.10. The van der Waals surface area contributed by atoms with E-state index in [1.165, 1.54) is 30.8 Å². The first kappa shape index (κ1) is 21.5. The Hall–Kier alpha value is -3.78. The maximum atomic E-state index is 13.4. The zero-order valence-corrected chi connectivity index (χ0v) is 18.0. The van der Waals surface area contributed by atoms with Crippen molar-refractivity contribution in [2.24, 2.45) is 0 Å². The third kappa shape index (κ3) is 4.92. The molecule has 0 fully saturated rings. The fourth-order valence-corrected chi connectivity index (χ4v) is 3.85. The first-order valence-corrected chi connectivity index (χ1v) is 10.8. The Morgan fingerprint density at radius 3 is 2.44 bits per heavy atom. The summed E-state index contributed by atoms with van der Waals surface area (Å²) in [5, 5.41) is 11.9. The SMILES string of the molecule is CC(=O)c1cccc(NC(=O)CSc2nnc(-c3ccc(F)cc3)n2-c2ccccc2)c1. The van der Waals surface area contributed by atoms with Gasteiger partial charge in [-0.05, 0) is 55.5 Å². The number of hydrogen-bond acceptors (Lipinski definition) is 5. The molecule has 0 saturated carbocycles. The highest BCUT2D eigenvalue weighted by molar-refractivity contribution is 7.99. The number of halogens is 1. The number of nitrogens with zero attached hydrogens (tertiary/aromatic N) is 3. The summed E-state index contributed by atoms with van der Waals surface area (Å²) in [5.74, 6) is 0.00732. The minimum Gasteiger partial charge on any atom is -0.325 e. The summed E-state index contributed by atoms with van der Waals surface area (Å²) in [6.07, 6.45) is 0. The van der Waals surface area contributed by atoms with Crippen molar-refractivity contribution in [3.8, 4) is 17.1 Å². The van der Waals surface area contributed by atoms with Crippen LogP contribution in [0.3, 0.4) is 0 Å². The molecular formula is C24H19FN4O2S. The molecule has 0 radical (unpaired) electrons. The maximum absolute atomic E-state index is 13.4. The summed E-state index contributed by atoms with van der Waals surface area (Å²) in [4.78, 5) is 24.1. The number of anilines is 1. The standard InChI is InChI=1S/C24H19FN4O2S/c1-16(30)18-6-5-7-20(14-18)26-22(31)15-32-24-28-27-23(17-10-12-19(25)13-11-17)29(24)21-8-3-2-4-9-21/h2-14H,15H2,1H3,(H,26,31). The number of rotatable bonds is 7. The van der Waals surface area contributed by atoms with Crippen molar-refractivity contribution < 1.29 is 14.0 Å². The molecule has 0 aliphatic rings. The van der Waals surface area contributed by atoms with E-state index < -0.39 is 0 Å². The fourth-order valence-electron chi connectivity index (χ4n) is 3.10. The molecule has 0 bridgehead atoms. The van der Waals surface area contributed by atoms with Crippen LogP contribution in [-0.4, -0.2) is 32.2 Å². The quantitative estimate of drug-likeness (QED) is 0.319. The highest BCUT2D eigenvalue weighted by atomic mass is 32.2. The first-order valence-electron chi connectivity index (χ1n) is 9.82. The number of carbonyl (C=O) groups excluding carboxylic acids is 2. The second-order valence-electron chi connectivity index (χ2n) is 6.96. The van der Waals surface area contributed by atoms with E-state index >= 15 is 0 Å². The van der Waals surface area contributed by atoms with Crippen molar-refractivity contribution in [1.82, 2.24) is 14.8 Å². The molecular weight excluding hydrogens is 427 g/mol. The second kappa shape index (κ2) is 9.57. The molecule has 0 atom stereocenters. The summed E-state index contributed by atoms with van der Waals surface area (Å²) < 4.78 is 15.2. The lowest BCUT2D eigenvalue weighted by molar-refractivity contribution is -0.113. The van der Waals surface area contributed by atoms with Gasteiger partial charge in [-0.15, -0.1) is 10.2 Å². The largest absolute Gasteiger partial charge is 0.325 e. The Morgan fingerprint density at radius 2 is 1.72 bits per heavy atom. The van der Waals surface area contributed by atoms with Gasteiger partial charge in [0.1, 0.15) is 5.82 Å². The van der Waals surface area contributed by atoms with E-state index in [4.69, 9.17) is 0 Å². The van der Waals surface area contributed by atoms with E-state index in [9.17, 15) is 14.0 Å². The molecule has 4 aromatic rings. The van der Waals surface area contributed by atoms with Gasteiger partial charge in [-0.1, -0.05) is 42.1 Å². The van der Waals surface area contributed by atoms with Gasteiger partial charge in [-0.3, -0.25) is 14.2 Å². The van der Waals surface area contributed by atoms with Crippen LogP contribution < -0.4 is 5.32 Å². The molecule has 32 heavy (non-hydrogen) atoms. The number of para-hydroxylation sites is 1. The number of amides is 1. The predicted octanol–water partition coefficient (Wildman–Crippen LogP) is 5.01. The third-order valence-electron chi connectivity index (χ3n) is 4.64. The van der Waals surface area contributed by atoms with Crippen LogP contribution in [0, 0.1) is 5.82 Å². The zero-order valence-electron chi connectivity index (χ0n) is 17.2. The highest BCUT2D eigenvalue weighted by Gasteiger charge is 2.17. The van der Waals surface area contributed by atoms with Crippen LogP contribution in [0.4, 0.5) is 10.1 Å². The van der Waals surface area contributed by atoms with Crippen molar-refractivity contribution in [2.45, 2.75) is 12.1 Å². The zero-order chi connectivity index (χ0) is 22.5. The summed E-state index contributed by atoms with van der Waals surface area (Å²) >= 11 is 1.23. The Balaban J connectivity index is 1.56. The van der Waals surface area contributed by atoms with Gasteiger partial charge in [-0.2, -0.15) is 0 Å². The molecule has 0 aliphatic carbocycles. The van der Waals surface area contributed by atoms with Crippen LogP contribution >= 0.6 is 11.8 Å². The molecule has 1 heterocycles. The Morgan fingerprint density at radius 1 is 0.969 bits per heavy atom. The highest BCUT2D eigenvalue weighted by Crippen LogP contribution is 2.28. The van der Waals surface area contributed by atoms with Crippen molar-refractivity contribution in [3.05, 3.63) is 90.2 Å². The lowest BCUT2D eigenvalue weighted by Crippen LogP contribution is -2.15. The van der Waals surface area contributed by atoms with E-state index in [0.29, 0.717) is 27.8 Å². The van der Waals surface area contributed by atoms with Gasteiger partial charge in [0.15, 0.2) is 16.8 Å². The molecule has 4 rings (SSSR count).